The van der Waals surface area contributed by atoms with Gasteiger partial charge in [0.05, 0.1) is 5.71 Å². The highest BCUT2D eigenvalue weighted by molar-refractivity contribution is 6.43. The number of benzene rings is 1. The summed E-state index contributed by atoms with van der Waals surface area (Å²) in [7, 11) is 0. The topological polar surface area (TPSA) is 62.7 Å². The molecule has 1 aromatic carbocycles. The van der Waals surface area contributed by atoms with Gasteiger partial charge >= 0.3 is 0 Å². The van der Waals surface area contributed by atoms with E-state index in [1.165, 1.54) is 0 Å². The monoisotopic (exact) mass is 315 g/mol. The first kappa shape index (κ1) is 15.1. The van der Waals surface area contributed by atoms with Crippen LogP contribution in [0.5, 0.6) is 0 Å². The van der Waals surface area contributed by atoms with Gasteiger partial charge in [0.2, 0.25) is 10.9 Å². The number of anilines is 1. The SMILES string of the molecule is CC1CC(=O)NN=C1c1ccc(NCOC(Cl)Cl)cc1. The number of amides is 1. The molecule has 2 N–H and O–H groups in total. The summed E-state index contributed by atoms with van der Waals surface area (Å²) in [5, 5.41) is 6.29. The van der Waals surface area contributed by atoms with Gasteiger partial charge in [-0.2, -0.15) is 5.10 Å². The quantitative estimate of drug-likeness (QED) is 0.648. The molecule has 0 saturated carbocycles. The summed E-state index contributed by atoms with van der Waals surface area (Å²) in [4.78, 5) is 11.2. The fraction of sp³-hybridized carbons (Fsp3) is 0.385. The summed E-state index contributed by atoms with van der Waals surface area (Å²) in [6, 6.07) is 7.69. The molecule has 0 radical (unpaired) electrons. The van der Waals surface area contributed by atoms with Gasteiger partial charge in [0, 0.05) is 18.0 Å². The number of halogens is 2. The maximum atomic E-state index is 11.2. The van der Waals surface area contributed by atoms with Gasteiger partial charge in [0.1, 0.15) is 6.73 Å². The summed E-state index contributed by atoms with van der Waals surface area (Å²) in [6.45, 7) is 2.21. The summed E-state index contributed by atoms with van der Waals surface area (Å²) < 4.78 is 4.97. The van der Waals surface area contributed by atoms with E-state index < -0.39 is 5.02 Å². The fourth-order valence-corrected chi connectivity index (χ4v) is 2.08. The number of nitrogens with zero attached hydrogens (tertiary/aromatic N) is 1. The fourth-order valence-electron chi connectivity index (χ4n) is 1.95. The standard InChI is InChI=1S/C13H15Cl2N3O2/c1-8-6-11(19)17-18-12(8)9-2-4-10(5-3-9)16-7-20-13(14)15/h2-5,8,13,16H,6-7H2,1H3,(H,17,19). The van der Waals surface area contributed by atoms with Crippen LogP contribution in [0.25, 0.3) is 0 Å². The molecule has 1 aliphatic heterocycles. The Bertz CT molecular complexity index is 503. The van der Waals surface area contributed by atoms with Crippen molar-refractivity contribution in [2.24, 2.45) is 11.0 Å². The molecule has 1 aliphatic rings. The Kier molecular flexibility index (Phi) is 5.23. The molecule has 1 atom stereocenters. The molecule has 1 amide bonds. The molecule has 0 bridgehead atoms. The van der Waals surface area contributed by atoms with Crippen molar-refractivity contribution in [3.05, 3.63) is 29.8 Å². The second kappa shape index (κ2) is 6.92. The average molecular weight is 316 g/mol. The average Bonchev–Trinajstić information content (AvgIpc) is 2.39. The predicted octanol–water partition coefficient (Wildman–Crippen LogP) is 2.69. The van der Waals surface area contributed by atoms with Crippen LogP contribution in [0, 0.1) is 5.92 Å². The van der Waals surface area contributed by atoms with Crippen molar-refractivity contribution in [2.75, 3.05) is 12.0 Å². The molecule has 2 rings (SSSR count). The van der Waals surface area contributed by atoms with E-state index in [0.29, 0.717) is 6.42 Å². The molecule has 0 aliphatic carbocycles. The van der Waals surface area contributed by atoms with Gasteiger partial charge in [0.25, 0.3) is 0 Å². The number of rotatable bonds is 5. The van der Waals surface area contributed by atoms with Crippen molar-refractivity contribution in [1.82, 2.24) is 5.43 Å². The summed E-state index contributed by atoms with van der Waals surface area (Å²) in [5.74, 6) is 0.0625. The van der Waals surface area contributed by atoms with E-state index in [1.807, 2.05) is 31.2 Å². The molecule has 1 aromatic rings. The highest BCUT2D eigenvalue weighted by Crippen LogP contribution is 2.18. The zero-order chi connectivity index (χ0) is 14.5. The summed E-state index contributed by atoms with van der Waals surface area (Å²) >= 11 is 10.9. The first-order chi connectivity index (χ1) is 9.56. The highest BCUT2D eigenvalue weighted by atomic mass is 35.5. The van der Waals surface area contributed by atoms with Gasteiger partial charge < -0.3 is 10.1 Å². The van der Waals surface area contributed by atoms with Crippen LogP contribution in [0.1, 0.15) is 18.9 Å². The van der Waals surface area contributed by atoms with Gasteiger partial charge in [0.15, 0.2) is 0 Å². The minimum atomic E-state index is -0.845. The molecule has 1 unspecified atom stereocenters. The van der Waals surface area contributed by atoms with E-state index in [4.69, 9.17) is 27.9 Å². The van der Waals surface area contributed by atoms with Crippen molar-refractivity contribution in [3.63, 3.8) is 0 Å². The van der Waals surface area contributed by atoms with Crippen LogP contribution in [0.3, 0.4) is 0 Å². The highest BCUT2D eigenvalue weighted by Gasteiger charge is 2.21. The number of hydrazone groups is 1. The first-order valence-corrected chi connectivity index (χ1v) is 7.04. The third kappa shape index (κ3) is 4.10. The number of alkyl halides is 2. The molecule has 108 valence electrons. The Morgan fingerprint density at radius 3 is 2.75 bits per heavy atom. The van der Waals surface area contributed by atoms with Crippen molar-refractivity contribution in [2.45, 2.75) is 18.4 Å². The van der Waals surface area contributed by atoms with Gasteiger partial charge in [-0.15, -0.1) is 0 Å². The van der Waals surface area contributed by atoms with E-state index in [1.54, 1.807) is 0 Å². The van der Waals surface area contributed by atoms with Crippen molar-refractivity contribution in [3.8, 4) is 0 Å². The number of carbonyl (C=O) groups excluding carboxylic acids is 1. The summed E-state index contributed by atoms with van der Waals surface area (Å²) in [6.07, 6.45) is 0.458. The lowest BCUT2D eigenvalue weighted by atomic mass is 9.94. The molecule has 0 fully saturated rings. The largest absolute Gasteiger partial charge is 0.363 e. The Morgan fingerprint density at radius 2 is 2.15 bits per heavy atom. The maximum Gasteiger partial charge on any atom is 0.240 e. The molecule has 5 nitrogen and oxygen atoms in total. The van der Waals surface area contributed by atoms with Crippen LogP contribution in [-0.2, 0) is 9.53 Å². The number of hydrogen-bond donors (Lipinski definition) is 2. The minimum Gasteiger partial charge on any atom is -0.363 e. The lowest BCUT2D eigenvalue weighted by Crippen LogP contribution is -2.31. The molecule has 0 saturated heterocycles. The first-order valence-electron chi connectivity index (χ1n) is 6.16. The van der Waals surface area contributed by atoms with Gasteiger partial charge in [-0.3, -0.25) is 4.79 Å². The van der Waals surface area contributed by atoms with E-state index in [0.717, 1.165) is 17.0 Å². The van der Waals surface area contributed by atoms with Crippen LogP contribution in [0.15, 0.2) is 29.4 Å². The Labute approximate surface area is 127 Å². The van der Waals surface area contributed by atoms with E-state index in [-0.39, 0.29) is 18.6 Å². The smallest absolute Gasteiger partial charge is 0.240 e. The van der Waals surface area contributed by atoms with Gasteiger partial charge in [-0.1, -0.05) is 42.3 Å². The van der Waals surface area contributed by atoms with Crippen molar-refractivity contribution >= 4 is 40.5 Å². The Balaban J connectivity index is 1.99. The molecule has 0 aromatic heterocycles. The zero-order valence-electron chi connectivity index (χ0n) is 10.9. The van der Waals surface area contributed by atoms with Crippen LogP contribution in [0.4, 0.5) is 5.69 Å². The number of nitrogens with one attached hydrogen (secondary N) is 2. The van der Waals surface area contributed by atoms with Gasteiger partial charge in [-0.25, -0.2) is 5.43 Å². The Morgan fingerprint density at radius 1 is 1.45 bits per heavy atom. The van der Waals surface area contributed by atoms with E-state index >= 15 is 0 Å². The van der Waals surface area contributed by atoms with Crippen molar-refractivity contribution < 1.29 is 9.53 Å². The second-order valence-corrected chi connectivity index (χ2v) is 5.48. The van der Waals surface area contributed by atoms with E-state index in [2.05, 4.69) is 15.8 Å². The third-order valence-corrected chi connectivity index (χ3v) is 3.18. The van der Waals surface area contributed by atoms with Crippen LogP contribution in [0.2, 0.25) is 0 Å². The summed E-state index contributed by atoms with van der Waals surface area (Å²) in [5.41, 5.74) is 5.26. The number of carbonyl (C=O) groups is 1. The maximum absolute atomic E-state index is 11.2. The minimum absolute atomic E-state index is 0.0478. The third-order valence-electron chi connectivity index (χ3n) is 2.93. The van der Waals surface area contributed by atoms with Crippen LogP contribution >= 0.6 is 23.2 Å². The lowest BCUT2D eigenvalue weighted by molar-refractivity contribution is -0.121. The van der Waals surface area contributed by atoms with Gasteiger partial charge in [-0.05, 0) is 17.7 Å². The molecular weight excluding hydrogens is 301 g/mol. The second-order valence-electron chi connectivity index (χ2n) is 4.46. The van der Waals surface area contributed by atoms with Crippen molar-refractivity contribution in [1.29, 1.82) is 0 Å². The molecule has 7 heteroatoms. The van der Waals surface area contributed by atoms with E-state index in [9.17, 15) is 4.79 Å². The van der Waals surface area contributed by atoms with Crippen LogP contribution < -0.4 is 10.7 Å². The lowest BCUT2D eigenvalue weighted by Gasteiger charge is -2.19. The number of hydrogen-bond acceptors (Lipinski definition) is 4. The van der Waals surface area contributed by atoms with Crippen LogP contribution in [-0.4, -0.2) is 23.4 Å². The molecular formula is C13H15Cl2N3O2. The molecule has 0 spiro atoms. The Hall–Kier alpha value is -1.30. The molecule has 1 heterocycles. The number of ether oxygens (including phenoxy) is 1. The predicted molar refractivity (Wildman–Crippen MR) is 80.0 cm³/mol. The zero-order valence-corrected chi connectivity index (χ0v) is 12.4. The normalized spacial score (nSPS) is 18.7. The molecule has 20 heavy (non-hydrogen) atoms.